The second-order valence-corrected chi connectivity index (χ2v) is 7.09. The molecule has 0 aliphatic carbocycles. The van der Waals surface area contributed by atoms with Gasteiger partial charge in [0.05, 0.1) is 25.1 Å². The summed E-state index contributed by atoms with van der Waals surface area (Å²) in [6, 6.07) is 9.87. The number of nitrogens with one attached hydrogen (secondary N) is 1. The van der Waals surface area contributed by atoms with Gasteiger partial charge in [-0.05, 0) is 18.6 Å². The van der Waals surface area contributed by atoms with Gasteiger partial charge in [0.1, 0.15) is 0 Å². The number of hydrogen-bond acceptors (Lipinski definition) is 6. The molecule has 2 saturated heterocycles. The van der Waals surface area contributed by atoms with E-state index in [1.807, 2.05) is 36.1 Å². The van der Waals surface area contributed by atoms with Crippen LogP contribution in [-0.4, -0.2) is 73.6 Å². The number of carbonyl (C=O) groups excluding carboxylic acids is 1. The number of para-hydroxylation sites is 1. The predicted molar refractivity (Wildman–Crippen MR) is 109 cm³/mol. The summed E-state index contributed by atoms with van der Waals surface area (Å²) in [5.74, 6) is 0.889. The molecule has 2 fully saturated rings. The number of amides is 2. The first-order chi connectivity index (χ1) is 13.7. The van der Waals surface area contributed by atoms with Crippen molar-refractivity contribution in [3.05, 3.63) is 42.1 Å². The van der Waals surface area contributed by atoms with Gasteiger partial charge in [-0.3, -0.25) is 0 Å². The number of aromatic nitrogens is 2. The number of rotatable bonds is 3. The molecule has 1 aromatic carbocycles. The summed E-state index contributed by atoms with van der Waals surface area (Å²) in [5.41, 5.74) is 2.98. The lowest BCUT2D eigenvalue weighted by Gasteiger charge is -2.36. The van der Waals surface area contributed by atoms with Crippen LogP contribution in [0.5, 0.6) is 0 Å². The summed E-state index contributed by atoms with van der Waals surface area (Å²) in [5, 5.41) is 11.5. The molecule has 2 aromatic rings. The normalized spacial score (nSPS) is 17.5. The quantitative estimate of drug-likeness (QED) is 0.875. The number of aryl methyl sites for hydroxylation is 1. The number of benzene rings is 1. The molecule has 8 nitrogen and oxygen atoms in total. The number of nitrogens with zero attached hydrogens (tertiary/aromatic N) is 5. The van der Waals surface area contributed by atoms with Gasteiger partial charge in [0.25, 0.3) is 0 Å². The molecular weight excluding hydrogens is 356 g/mol. The number of anilines is 3. The molecule has 0 saturated carbocycles. The minimum atomic E-state index is -0.0455. The van der Waals surface area contributed by atoms with Crippen molar-refractivity contribution in [2.24, 2.45) is 0 Å². The van der Waals surface area contributed by atoms with E-state index in [9.17, 15) is 4.79 Å². The van der Waals surface area contributed by atoms with E-state index in [1.165, 1.54) is 0 Å². The highest BCUT2D eigenvalue weighted by Crippen LogP contribution is 2.21. The summed E-state index contributed by atoms with van der Waals surface area (Å²) in [6.45, 7) is 8.01. The van der Waals surface area contributed by atoms with Crippen LogP contribution in [0.2, 0.25) is 0 Å². The molecule has 0 unspecified atom stereocenters. The maximum atomic E-state index is 12.6. The number of hydrogen-bond donors (Lipinski definition) is 1. The third kappa shape index (κ3) is 4.17. The highest BCUT2D eigenvalue weighted by Gasteiger charge is 2.23. The van der Waals surface area contributed by atoms with Gasteiger partial charge in [-0.25, -0.2) is 4.79 Å². The number of piperazine rings is 1. The molecule has 1 N–H and O–H groups in total. The van der Waals surface area contributed by atoms with Crippen LogP contribution in [0.25, 0.3) is 0 Å². The first kappa shape index (κ1) is 18.5. The van der Waals surface area contributed by atoms with E-state index in [0.717, 1.165) is 62.1 Å². The molecule has 0 radical (unpaired) electrons. The maximum Gasteiger partial charge on any atom is 0.321 e. The Balaban J connectivity index is 1.35. The lowest BCUT2D eigenvalue weighted by Crippen LogP contribution is -2.50. The molecule has 148 valence electrons. The van der Waals surface area contributed by atoms with E-state index in [1.54, 1.807) is 6.20 Å². The Morgan fingerprint density at radius 2 is 1.79 bits per heavy atom. The van der Waals surface area contributed by atoms with E-state index >= 15 is 0 Å². The van der Waals surface area contributed by atoms with E-state index < -0.39 is 0 Å². The summed E-state index contributed by atoms with van der Waals surface area (Å²) >= 11 is 0. The van der Waals surface area contributed by atoms with Crippen LogP contribution in [-0.2, 0) is 4.74 Å². The van der Waals surface area contributed by atoms with Crippen molar-refractivity contribution < 1.29 is 9.53 Å². The molecule has 0 spiro atoms. The van der Waals surface area contributed by atoms with E-state index in [4.69, 9.17) is 4.74 Å². The van der Waals surface area contributed by atoms with Crippen LogP contribution in [0.1, 0.15) is 5.56 Å². The number of urea groups is 1. The van der Waals surface area contributed by atoms with Crippen molar-refractivity contribution in [2.45, 2.75) is 6.92 Å². The van der Waals surface area contributed by atoms with E-state index in [-0.39, 0.29) is 6.03 Å². The van der Waals surface area contributed by atoms with Gasteiger partial charge in [-0.15, -0.1) is 5.10 Å². The largest absolute Gasteiger partial charge is 0.378 e. The molecule has 4 rings (SSSR count). The fourth-order valence-electron chi connectivity index (χ4n) is 3.54. The maximum absolute atomic E-state index is 12.6. The number of morpholine rings is 1. The fourth-order valence-corrected chi connectivity index (χ4v) is 3.54. The van der Waals surface area contributed by atoms with Crippen molar-refractivity contribution in [1.82, 2.24) is 15.1 Å². The monoisotopic (exact) mass is 382 g/mol. The fraction of sp³-hybridized carbons (Fsp3) is 0.450. The van der Waals surface area contributed by atoms with Gasteiger partial charge in [0, 0.05) is 51.0 Å². The molecule has 28 heavy (non-hydrogen) atoms. The zero-order valence-corrected chi connectivity index (χ0v) is 16.2. The molecule has 8 heteroatoms. The number of carbonyl (C=O) groups is 1. The van der Waals surface area contributed by atoms with Crippen molar-refractivity contribution in [3.8, 4) is 0 Å². The summed E-state index contributed by atoms with van der Waals surface area (Å²) in [4.78, 5) is 18.9. The van der Waals surface area contributed by atoms with Gasteiger partial charge in [0.15, 0.2) is 5.82 Å². The second-order valence-electron chi connectivity index (χ2n) is 7.09. The van der Waals surface area contributed by atoms with Crippen LogP contribution < -0.4 is 15.1 Å². The Morgan fingerprint density at radius 1 is 1.04 bits per heavy atom. The average molecular weight is 382 g/mol. The zero-order valence-electron chi connectivity index (χ0n) is 16.2. The van der Waals surface area contributed by atoms with Gasteiger partial charge in [-0.2, -0.15) is 5.10 Å². The SMILES string of the molecule is Cc1ccccc1NC(=O)N1CCN(c2cnnc(N3CCOCC3)c2)CC1. The minimum absolute atomic E-state index is 0.0455. The summed E-state index contributed by atoms with van der Waals surface area (Å²) < 4.78 is 5.41. The minimum Gasteiger partial charge on any atom is -0.378 e. The van der Waals surface area contributed by atoms with Crippen molar-refractivity contribution in [3.63, 3.8) is 0 Å². The molecule has 0 atom stereocenters. The predicted octanol–water partition coefficient (Wildman–Crippen LogP) is 1.98. The summed E-state index contributed by atoms with van der Waals surface area (Å²) in [7, 11) is 0. The molecule has 1 aromatic heterocycles. The Hall–Kier alpha value is -2.87. The van der Waals surface area contributed by atoms with Crippen LogP contribution in [0.3, 0.4) is 0 Å². The third-order valence-corrected chi connectivity index (χ3v) is 5.28. The molecule has 3 heterocycles. The lowest BCUT2D eigenvalue weighted by molar-refractivity contribution is 0.122. The second kappa shape index (κ2) is 8.43. The Labute approximate surface area is 165 Å². The first-order valence-electron chi connectivity index (χ1n) is 9.72. The van der Waals surface area contributed by atoms with Crippen LogP contribution >= 0.6 is 0 Å². The molecular formula is C20H26N6O2. The van der Waals surface area contributed by atoms with Gasteiger partial charge in [0.2, 0.25) is 0 Å². The highest BCUT2D eigenvalue weighted by molar-refractivity contribution is 5.90. The van der Waals surface area contributed by atoms with E-state index in [2.05, 4.69) is 31.4 Å². The summed E-state index contributed by atoms with van der Waals surface area (Å²) in [6.07, 6.45) is 1.80. The average Bonchev–Trinajstić information content (AvgIpc) is 2.76. The molecule has 0 bridgehead atoms. The van der Waals surface area contributed by atoms with E-state index in [0.29, 0.717) is 13.1 Å². The first-order valence-corrected chi connectivity index (χ1v) is 9.72. The van der Waals surface area contributed by atoms with Gasteiger partial charge < -0.3 is 24.8 Å². The van der Waals surface area contributed by atoms with Gasteiger partial charge >= 0.3 is 6.03 Å². The zero-order chi connectivity index (χ0) is 19.3. The molecule has 2 aliphatic heterocycles. The topological polar surface area (TPSA) is 73.8 Å². The Kier molecular flexibility index (Phi) is 5.57. The molecule has 2 aliphatic rings. The van der Waals surface area contributed by atoms with Crippen LogP contribution in [0.4, 0.5) is 22.0 Å². The highest BCUT2D eigenvalue weighted by atomic mass is 16.5. The Bertz CT molecular complexity index is 816. The number of ether oxygens (including phenoxy) is 1. The van der Waals surface area contributed by atoms with Gasteiger partial charge in [-0.1, -0.05) is 18.2 Å². The lowest BCUT2D eigenvalue weighted by atomic mass is 10.2. The van der Waals surface area contributed by atoms with Crippen molar-refractivity contribution in [1.29, 1.82) is 0 Å². The van der Waals surface area contributed by atoms with Crippen LogP contribution in [0.15, 0.2) is 36.5 Å². The van der Waals surface area contributed by atoms with Crippen molar-refractivity contribution >= 4 is 23.2 Å². The van der Waals surface area contributed by atoms with Crippen molar-refractivity contribution in [2.75, 3.05) is 67.6 Å². The third-order valence-electron chi connectivity index (χ3n) is 5.28. The standard InChI is InChI=1S/C20H26N6O2/c1-16-4-2-3-5-18(16)22-20(27)26-8-6-24(7-9-26)17-14-19(23-21-15-17)25-10-12-28-13-11-25/h2-5,14-15H,6-13H2,1H3,(H,22,27). The molecule has 2 amide bonds. The Morgan fingerprint density at radius 3 is 2.54 bits per heavy atom. The smallest absolute Gasteiger partial charge is 0.321 e. The van der Waals surface area contributed by atoms with Crippen LogP contribution in [0, 0.1) is 6.92 Å².